The summed E-state index contributed by atoms with van der Waals surface area (Å²) in [5.74, 6) is -0.703. The molecule has 7 heteroatoms. The van der Waals surface area contributed by atoms with Crippen LogP contribution in [0.4, 0.5) is 0 Å². The predicted molar refractivity (Wildman–Crippen MR) is 72.5 cm³/mol. The van der Waals surface area contributed by atoms with Gasteiger partial charge < -0.3 is 23.7 Å². The third-order valence-corrected chi connectivity index (χ3v) is 3.44. The van der Waals surface area contributed by atoms with Crippen molar-refractivity contribution in [2.75, 3.05) is 20.8 Å². The summed E-state index contributed by atoms with van der Waals surface area (Å²) in [5.41, 5.74) is 0. The van der Waals surface area contributed by atoms with Crippen LogP contribution in [-0.4, -0.2) is 63.4 Å². The highest BCUT2D eigenvalue weighted by molar-refractivity contribution is 4.97. The Labute approximate surface area is 125 Å². The molecule has 7 nitrogen and oxygen atoms in total. The van der Waals surface area contributed by atoms with Crippen LogP contribution in [0.5, 0.6) is 0 Å². The molecule has 0 saturated carbocycles. The maximum absolute atomic E-state index is 6.00. The molecule has 0 aromatic rings. The van der Waals surface area contributed by atoms with Gasteiger partial charge in [-0.25, -0.2) is 9.78 Å². The summed E-state index contributed by atoms with van der Waals surface area (Å²) in [6, 6.07) is 0. The molecule has 0 amide bonds. The summed E-state index contributed by atoms with van der Waals surface area (Å²) in [6.07, 6.45) is -1.82. The van der Waals surface area contributed by atoms with E-state index in [1.165, 1.54) is 7.11 Å². The van der Waals surface area contributed by atoms with E-state index in [1.54, 1.807) is 7.11 Å². The third-order valence-electron chi connectivity index (χ3n) is 3.44. The lowest BCUT2D eigenvalue weighted by atomic mass is 9.99. The quantitative estimate of drug-likeness (QED) is 0.540. The van der Waals surface area contributed by atoms with Gasteiger partial charge in [0.25, 0.3) is 0 Å². The number of ether oxygens (including phenoxy) is 5. The van der Waals surface area contributed by atoms with E-state index in [0.29, 0.717) is 0 Å². The molecule has 0 unspecified atom stereocenters. The fraction of sp³-hybridized carbons (Fsp3) is 1.00. The molecule has 2 fully saturated rings. The Morgan fingerprint density at radius 3 is 2.33 bits per heavy atom. The van der Waals surface area contributed by atoms with Gasteiger partial charge in [0.05, 0.1) is 13.2 Å². The number of hydrogen-bond donors (Lipinski definition) is 0. The molecule has 2 aliphatic rings. The lowest BCUT2D eigenvalue weighted by Gasteiger charge is -2.41. The topological polar surface area (TPSA) is 64.6 Å². The van der Waals surface area contributed by atoms with E-state index in [4.69, 9.17) is 28.6 Å². The standard InChI is InChI=1S/C14H26O7/c1-8(2)18-12-11-10(20-14(3,4)21-11)9(7-17-16-6)19-13(12)15-5/h8-13H,7H2,1-6H3/t9-,10+,11+,12-,13-/m1/s1. The number of rotatable bonds is 6. The van der Waals surface area contributed by atoms with Crippen molar-refractivity contribution >= 4 is 0 Å². The molecule has 2 rings (SSSR count). The number of methoxy groups -OCH3 is 1. The molecular formula is C14H26O7. The largest absolute Gasteiger partial charge is 0.367 e. The molecule has 0 aromatic carbocycles. The number of fused-ring (bicyclic) bond motifs is 1. The van der Waals surface area contributed by atoms with Crippen molar-refractivity contribution in [1.29, 1.82) is 0 Å². The summed E-state index contributed by atoms with van der Waals surface area (Å²) < 4.78 is 29.2. The van der Waals surface area contributed by atoms with Crippen molar-refractivity contribution in [2.45, 2.75) is 70.3 Å². The Balaban J connectivity index is 2.17. The number of hydrogen-bond acceptors (Lipinski definition) is 7. The Morgan fingerprint density at radius 1 is 1.10 bits per heavy atom. The highest BCUT2D eigenvalue weighted by Crippen LogP contribution is 2.39. The van der Waals surface area contributed by atoms with Crippen LogP contribution >= 0.6 is 0 Å². The zero-order chi connectivity index (χ0) is 15.6. The second-order valence-corrected chi connectivity index (χ2v) is 5.94. The van der Waals surface area contributed by atoms with Gasteiger partial charge in [-0.3, -0.25) is 0 Å². The molecule has 21 heavy (non-hydrogen) atoms. The van der Waals surface area contributed by atoms with E-state index in [9.17, 15) is 0 Å². The molecule has 0 aromatic heterocycles. The second kappa shape index (κ2) is 6.87. The third kappa shape index (κ3) is 3.92. The lowest BCUT2D eigenvalue weighted by molar-refractivity contribution is -0.332. The zero-order valence-electron chi connectivity index (χ0n) is 13.5. The van der Waals surface area contributed by atoms with Crippen LogP contribution in [0.3, 0.4) is 0 Å². The van der Waals surface area contributed by atoms with Crippen LogP contribution in [0.1, 0.15) is 27.7 Å². The summed E-state index contributed by atoms with van der Waals surface area (Å²) in [5, 5.41) is 0. The molecule has 0 N–H and O–H groups in total. The van der Waals surface area contributed by atoms with Crippen LogP contribution in [0.15, 0.2) is 0 Å². The van der Waals surface area contributed by atoms with Gasteiger partial charge in [-0.2, -0.15) is 0 Å². The first-order chi connectivity index (χ1) is 9.88. The van der Waals surface area contributed by atoms with Gasteiger partial charge in [0.1, 0.15) is 31.0 Å². The van der Waals surface area contributed by atoms with Crippen LogP contribution in [0.2, 0.25) is 0 Å². The molecule has 0 aliphatic carbocycles. The van der Waals surface area contributed by atoms with Crippen molar-refractivity contribution in [3.05, 3.63) is 0 Å². The van der Waals surface area contributed by atoms with Gasteiger partial charge in [0, 0.05) is 7.11 Å². The zero-order valence-corrected chi connectivity index (χ0v) is 13.5. The van der Waals surface area contributed by atoms with Crippen LogP contribution < -0.4 is 0 Å². The highest BCUT2D eigenvalue weighted by atomic mass is 17.2. The maximum atomic E-state index is 6.00. The van der Waals surface area contributed by atoms with Gasteiger partial charge in [0.2, 0.25) is 0 Å². The van der Waals surface area contributed by atoms with Gasteiger partial charge in [-0.15, -0.1) is 0 Å². The molecule has 0 radical (unpaired) electrons. The molecule has 0 bridgehead atoms. The molecule has 124 valence electrons. The van der Waals surface area contributed by atoms with E-state index < -0.39 is 12.1 Å². The summed E-state index contributed by atoms with van der Waals surface area (Å²) >= 11 is 0. The Hall–Kier alpha value is -0.280. The predicted octanol–water partition coefficient (Wildman–Crippen LogP) is 1.25. The summed E-state index contributed by atoms with van der Waals surface area (Å²) in [7, 11) is 3.03. The SMILES string of the molecule is COOC[C@H]1O[C@@H](OC)[C@H](OC(C)C)[C@H]2OC(C)(C)O[C@H]21. The summed E-state index contributed by atoms with van der Waals surface area (Å²) in [6.45, 7) is 7.89. The van der Waals surface area contributed by atoms with E-state index in [2.05, 4.69) is 4.89 Å². The monoisotopic (exact) mass is 306 g/mol. The van der Waals surface area contributed by atoms with Crippen molar-refractivity contribution in [1.82, 2.24) is 0 Å². The highest BCUT2D eigenvalue weighted by Gasteiger charge is 2.56. The van der Waals surface area contributed by atoms with Gasteiger partial charge >= 0.3 is 0 Å². The van der Waals surface area contributed by atoms with E-state index >= 15 is 0 Å². The van der Waals surface area contributed by atoms with E-state index in [1.807, 2.05) is 27.7 Å². The Bertz CT molecular complexity index is 333. The van der Waals surface area contributed by atoms with Gasteiger partial charge in [-0.1, -0.05) is 0 Å². The first-order valence-electron chi connectivity index (χ1n) is 7.23. The van der Waals surface area contributed by atoms with Crippen molar-refractivity contribution in [3.8, 4) is 0 Å². The van der Waals surface area contributed by atoms with Crippen LogP contribution in [0.25, 0.3) is 0 Å². The second-order valence-electron chi connectivity index (χ2n) is 5.94. The van der Waals surface area contributed by atoms with Crippen LogP contribution in [0, 0.1) is 0 Å². The average Bonchev–Trinajstić information content (AvgIpc) is 2.73. The van der Waals surface area contributed by atoms with Crippen molar-refractivity contribution in [2.24, 2.45) is 0 Å². The molecule has 5 atom stereocenters. The van der Waals surface area contributed by atoms with Gasteiger partial charge in [0.15, 0.2) is 12.1 Å². The fourth-order valence-electron chi connectivity index (χ4n) is 2.76. The first-order valence-corrected chi connectivity index (χ1v) is 7.23. The molecule has 2 aliphatic heterocycles. The van der Waals surface area contributed by atoms with Gasteiger partial charge in [-0.05, 0) is 27.7 Å². The molecular weight excluding hydrogens is 280 g/mol. The average molecular weight is 306 g/mol. The molecule has 2 saturated heterocycles. The minimum Gasteiger partial charge on any atom is -0.367 e. The lowest BCUT2D eigenvalue weighted by Crippen LogP contribution is -2.59. The van der Waals surface area contributed by atoms with Crippen molar-refractivity contribution < 1.29 is 33.5 Å². The fourth-order valence-corrected chi connectivity index (χ4v) is 2.76. The minimum absolute atomic E-state index is 0.0241. The summed E-state index contributed by atoms with van der Waals surface area (Å²) in [4.78, 5) is 9.66. The molecule has 2 heterocycles. The molecule has 0 spiro atoms. The normalized spacial score (nSPS) is 38.7. The van der Waals surface area contributed by atoms with E-state index in [-0.39, 0.29) is 37.1 Å². The minimum atomic E-state index is -0.703. The van der Waals surface area contributed by atoms with Crippen molar-refractivity contribution in [3.63, 3.8) is 0 Å². The smallest absolute Gasteiger partial charge is 0.186 e. The first kappa shape index (κ1) is 17.1. The maximum Gasteiger partial charge on any atom is 0.186 e. The van der Waals surface area contributed by atoms with Crippen LogP contribution in [-0.2, 0) is 33.5 Å². The Morgan fingerprint density at radius 2 is 1.76 bits per heavy atom. The Kier molecular flexibility index (Phi) is 5.59. The van der Waals surface area contributed by atoms with E-state index in [0.717, 1.165) is 0 Å².